The van der Waals surface area contributed by atoms with E-state index in [1.807, 2.05) is 39.0 Å². The highest BCUT2D eigenvalue weighted by Gasteiger charge is 2.18. The van der Waals surface area contributed by atoms with Gasteiger partial charge in [0.15, 0.2) is 11.6 Å². The predicted octanol–water partition coefficient (Wildman–Crippen LogP) is 3.25. The SMILES string of the molecule is C=C(OC(C)(C)C)n1nc(N)c2cc(CNC(=O)c3ccc4[nH]nc(N)c4c3)ccc21. The topological polar surface area (TPSA) is 137 Å². The molecule has 4 aromatic rings. The van der Waals surface area contributed by atoms with Crippen LogP contribution in [0, 0.1) is 0 Å². The third kappa shape index (κ3) is 4.02. The van der Waals surface area contributed by atoms with Gasteiger partial charge in [0.25, 0.3) is 5.91 Å². The van der Waals surface area contributed by atoms with E-state index in [0.717, 1.165) is 22.0 Å². The Balaban J connectivity index is 1.52. The van der Waals surface area contributed by atoms with Gasteiger partial charge in [0.2, 0.25) is 5.88 Å². The molecule has 1 amide bonds. The number of aromatic nitrogens is 4. The number of hydrogen-bond donors (Lipinski definition) is 4. The number of carbonyl (C=O) groups excluding carboxylic acids is 1. The van der Waals surface area contributed by atoms with Crippen LogP contribution >= 0.6 is 0 Å². The zero-order chi connectivity index (χ0) is 22.3. The van der Waals surface area contributed by atoms with Gasteiger partial charge in [0.1, 0.15) is 5.60 Å². The Morgan fingerprint density at radius 1 is 1.16 bits per heavy atom. The van der Waals surface area contributed by atoms with Gasteiger partial charge in [0, 0.05) is 22.9 Å². The van der Waals surface area contributed by atoms with Crippen LogP contribution in [0.5, 0.6) is 0 Å². The second kappa shape index (κ2) is 7.35. The van der Waals surface area contributed by atoms with Crippen molar-refractivity contribution in [3.8, 4) is 0 Å². The number of benzene rings is 2. The number of amides is 1. The molecule has 0 bridgehead atoms. The normalized spacial score (nSPS) is 11.7. The van der Waals surface area contributed by atoms with Crippen molar-refractivity contribution in [2.24, 2.45) is 0 Å². The molecule has 4 rings (SSSR count). The van der Waals surface area contributed by atoms with Crippen LogP contribution in [0.15, 0.2) is 43.0 Å². The maximum Gasteiger partial charge on any atom is 0.251 e. The Labute approximate surface area is 179 Å². The van der Waals surface area contributed by atoms with Crippen LogP contribution in [0.25, 0.3) is 27.7 Å². The number of rotatable bonds is 5. The maximum atomic E-state index is 12.6. The van der Waals surface area contributed by atoms with E-state index in [1.165, 1.54) is 0 Å². The predicted molar refractivity (Wildman–Crippen MR) is 122 cm³/mol. The largest absolute Gasteiger partial charge is 0.472 e. The fraction of sp³-hybridized carbons (Fsp3) is 0.227. The van der Waals surface area contributed by atoms with Crippen molar-refractivity contribution in [3.63, 3.8) is 0 Å². The minimum atomic E-state index is -0.404. The molecular weight excluding hydrogens is 394 g/mol. The highest BCUT2D eigenvalue weighted by atomic mass is 16.5. The summed E-state index contributed by atoms with van der Waals surface area (Å²) in [6.45, 7) is 10.1. The molecule has 2 aromatic heterocycles. The quantitative estimate of drug-likeness (QED) is 0.367. The highest BCUT2D eigenvalue weighted by Crippen LogP contribution is 2.26. The summed E-state index contributed by atoms with van der Waals surface area (Å²) in [7, 11) is 0. The van der Waals surface area contributed by atoms with Crippen LogP contribution in [0.1, 0.15) is 36.7 Å². The molecule has 2 aromatic carbocycles. The lowest BCUT2D eigenvalue weighted by Gasteiger charge is -2.22. The fourth-order valence-electron chi connectivity index (χ4n) is 3.35. The first-order valence-electron chi connectivity index (χ1n) is 9.79. The summed E-state index contributed by atoms with van der Waals surface area (Å²) in [6, 6.07) is 10.9. The number of anilines is 2. The molecule has 0 aliphatic carbocycles. The molecule has 2 heterocycles. The molecule has 0 spiro atoms. The molecular formula is C22H25N7O2. The summed E-state index contributed by atoms with van der Waals surface area (Å²) >= 11 is 0. The highest BCUT2D eigenvalue weighted by molar-refractivity contribution is 6.00. The summed E-state index contributed by atoms with van der Waals surface area (Å²) < 4.78 is 7.40. The Morgan fingerprint density at radius 2 is 1.94 bits per heavy atom. The summed E-state index contributed by atoms with van der Waals surface area (Å²) in [5, 5.41) is 15.5. The van der Waals surface area contributed by atoms with Gasteiger partial charge in [-0.3, -0.25) is 9.89 Å². The van der Waals surface area contributed by atoms with Gasteiger partial charge < -0.3 is 21.5 Å². The Morgan fingerprint density at radius 3 is 2.68 bits per heavy atom. The molecule has 0 aliphatic heterocycles. The number of nitrogen functional groups attached to an aromatic ring is 2. The third-order valence-corrected chi connectivity index (χ3v) is 4.74. The average molecular weight is 419 g/mol. The van der Waals surface area contributed by atoms with E-state index in [4.69, 9.17) is 16.2 Å². The molecule has 0 unspecified atom stereocenters. The lowest BCUT2D eigenvalue weighted by atomic mass is 10.1. The molecule has 0 saturated heterocycles. The van der Waals surface area contributed by atoms with Crippen molar-refractivity contribution < 1.29 is 9.53 Å². The zero-order valence-corrected chi connectivity index (χ0v) is 17.7. The first kappa shape index (κ1) is 20.3. The smallest absolute Gasteiger partial charge is 0.251 e. The summed E-state index contributed by atoms with van der Waals surface area (Å²) in [5.41, 5.74) is 14.5. The molecule has 0 saturated carbocycles. The van der Waals surface area contributed by atoms with E-state index < -0.39 is 5.60 Å². The molecule has 0 radical (unpaired) electrons. The van der Waals surface area contributed by atoms with Crippen molar-refractivity contribution >= 4 is 45.2 Å². The van der Waals surface area contributed by atoms with E-state index in [2.05, 4.69) is 27.2 Å². The van der Waals surface area contributed by atoms with Gasteiger partial charge in [-0.05, 0) is 63.2 Å². The van der Waals surface area contributed by atoms with Crippen molar-refractivity contribution in [2.75, 3.05) is 11.5 Å². The Kier molecular flexibility index (Phi) is 4.81. The van der Waals surface area contributed by atoms with Crippen LogP contribution in [0.2, 0.25) is 0 Å². The lowest BCUT2D eigenvalue weighted by molar-refractivity contribution is 0.0856. The van der Waals surface area contributed by atoms with Gasteiger partial charge in [-0.1, -0.05) is 6.07 Å². The van der Waals surface area contributed by atoms with Gasteiger partial charge in [-0.25, -0.2) is 0 Å². The monoisotopic (exact) mass is 419 g/mol. The number of fused-ring (bicyclic) bond motifs is 2. The maximum absolute atomic E-state index is 12.6. The molecule has 0 aliphatic rings. The number of hydrogen-bond acceptors (Lipinski definition) is 6. The number of H-pyrrole nitrogens is 1. The number of nitrogens with two attached hydrogens (primary N) is 2. The van der Waals surface area contributed by atoms with Gasteiger partial charge in [0.05, 0.1) is 11.0 Å². The van der Waals surface area contributed by atoms with Crippen LogP contribution in [-0.2, 0) is 11.3 Å². The molecule has 9 heteroatoms. The molecule has 6 N–H and O–H groups in total. The van der Waals surface area contributed by atoms with Crippen molar-refractivity contribution in [1.29, 1.82) is 0 Å². The van der Waals surface area contributed by atoms with E-state index in [1.54, 1.807) is 22.9 Å². The average Bonchev–Trinajstić information content (AvgIpc) is 3.25. The van der Waals surface area contributed by atoms with Crippen LogP contribution in [0.4, 0.5) is 11.6 Å². The Bertz CT molecular complexity index is 1310. The second-order valence-corrected chi connectivity index (χ2v) is 8.31. The minimum Gasteiger partial charge on any atom is -0.472 e. The third-order valence-electron chi connectivity index (χ3n) is 4.74. The second-order valence-electron chi connectivity index (χ2n) is 8.31. The molecule has 0 fully saturated rings. The van der Waals surface area contributed by atoms with Crippen molar-refractivity contribution in [2.45, 2.75) is 32.9 Å². The van der Waals surface area contributed by atoms with E-state index in [9.17, 15) is 4.79 Å². The first-order valence-corrected chi connectivity index (χ1v) is 9.79. The summed E-state index contributed by atoms with van der Waals surface area (Å²) in [6.07, 6.45) is 0. The van der Waals surface area contributed by atoms with Gasteiger partial charge in [-0.15, -0.1) is 5.10 Å². The fourth-order valence-corrected chi connectivity index (χ4v) is 3.35. The van der Waals surface area contributed by atoms with Crippen LogP contribution in [0.3, 0.4) is 0 Å². The van der Waals surface area contributed by atoms with Gasteiger partial charge in [-0.2, -0.15) is 9.78 Å². The van der Waals surface area contributed by atoms with Crippen molar-refractivity contribution in [1.82, 2.24) is 25.3 Å². The molecule has 31 heavy (non-hydrogen) atoms. The summed E-state index contributed by atoms with van der Waals surface area (Å²) in [4.78, 5) is 12.6. The van der Waals surface area contributed by atoms with Gasteiger partial charge >= 0.3 is 0 Å². The first-order chi connectivity index (χ1) is 14.6. The number of carbonyl (C=O) groups is 1. The number of aromatic amines is 1. The zero-order valence-electron chi connectivity index (χ0n) is 17.7. The number of ether oxygens (including phenoxy) is 1. The molecule has 160 valence electrons. The standard InChI is InChI=1S/C22H25N7O2/c1-12(31-22(2,3)4)29-18-8-5-13(9-16(18)20(24)28-29)11-25-21(30)14-6-7-17-15(10-14)19(23)27-26-17/h5-10H,1,11H2,2-4H3,(H2,24,28)(H,25,30)(H3,23,26,27). The van der Waals surface area contributed by atoms with Crippen LogP contribution < -0.4 is 16.8 Å². The minimum absolute atomic E-state index is 0.210. The van der Waals surface area contributed by atoms with Crippen molar-refractivity contribution in [3.05, 3.63) is 54.1 Å². The van der Waals surface area contributed by atoms with Crippen LogP contribution in [-0.4, -0.2) is 31.5 Å². The number of nitrogens with zero attached hydrogens (tertiary/aromatic N) is 3. The molecule has 9 nitrogen and oxygen atoms in total. The van der Waals surface area contributed by atoms with E-state index in [0.29, 0.717) is 35.0 Å². The number of nitrogens with one attached hydrogen (secondary N) is 2. The lowest BCUT2D eigenvalue weighted by Crippen LogP contribution is -2.22. The molecule has 0 atom stereocenters. The Hall–Kier alpha value is -4.01. The van der Waals surface area contributed by atoms with E-state index >= 15 is 0 Å². The van der Waals surface area contributed by atoms with E-state index in [-0.39, 0.29) is 5.91 Å². The summed E-state index contributed by atoms with van der Waals surface area (Å²) in [5.74, 6) is 0.907.